The maximum Gasteiger partial charge on any atom is 0.191 e. The second kappa shape index (κ2) is 10.6. The van der Waals surface area contributed by atoms with Crippen LogP contribution in [0.15, 0.2) is 47.6 Å². The maximum absolute atomic E-state index is 13.9. The summed E-state index contributed by atoms with van der Waals surface area (Å²) in [7, 11) is 0. The van der Waals surface area contributed by atoms with Crippen LogP contribution in [0.1, 0.15) is 30.9 Å². The third kappa shape index (κ3) is 6.15. The van der Waals surface area contributed by atoms with Crippen molar-refractivity contribution in [1.29, 1.82) is 0 Å². The summed E-state index contributed by atoms with van der Waals surface area (Å²) in [5, 5.41) is 7.17. The summed E-state index contributed by atoms with van der Waals surface area (Å²) in [5.74, 6) is 0.552. The Labute approximate surface area is 176 Å². The smallest absolute Gasteiger partial charge is 0.191 e. The van der Waals surface area contributed by atoms with Crippen molar-refractivity contribution in [2.75, 3.05) is 32.8 Å². The molecule has 0 spiro atoms. The highest BCUT2D eigenvalue weighted by atomic mass is 35.5. The molecular formula is C22H28ClFN4O. The van der Waals surface area contributed by atoms with E-state index in [0.29, 0.717) is 24.9 Å². The van der Waals surface area contributed by atoms with Crippen LogP contribution in [0.2, 0.25) is 5.15 Å². The van der Waals surface area contributed by atoms with Crippen molar-refractivity contribution in [3.63, 3.8) is 0 Å². The minimum atomic E-state index is -0.209. The Bertz CT molecular complexity index is 807. The van der Waals surface area contributed by atoms with Crippen molar-refractivity contribution in [2.24, 2.45) is 4.99 Å². The van der Waals surface area contributed by atoms with Gasteiger partial charge in [-0.05, 0) is 55.5 Å². The van der Waals surface area contributed by atoms with Crippen LogP contribution in [0.5, 0.6) is 0 Å². The fourth-order valence-corrected chi connectivity index (χ4v) is 3.68. The van der Waals surface area contributed by atoms with E-state index in [1.165, 1.54) is 6.07 Å². The zero-order valence-corrected chi connectivity index (χ0v) is 17.5. The molecule has 0 unspecified atom stereocenters. The molecule has 2 heterocycles. The van der Waals surface area contributed by atoms with Gasteiger partial charge in [0.05, 0.1) is 6.54 Å². The number of hydrogen-bond acceptors (Lipinski definition) is 3. The standard InChI is InChI=1S/C22H28ClFN4O/c1-2-25-21(26-11-8-17-6-7-20(23)27-15-17)28-16-22(9-12-29-13-10-22)18-4-3-5-19(24)14-18/h3-7,14-15H,2,8-13,16H2,1H3,(H2,25,26,28). The first-order valence-electron chi connectivity index (χ1n) is 10.1. The van der Waals surface area contributed by atoms with Gasteiger partial charge in [-0.1, -0.05) is 29.8 Å². The topological polar surface area (TPSA) is 58.5 Å². The number of nitrogens with zero attached hydrogens (tertiary/aromatic N) is 2. The van der Waals surface area contributed by atoms with Crippen LogP contribution < -0.4 is 10.6 Å². The van der Waals surface area contributed by atoms with E-state index in [2.05, 4.69) is 15.6 Å². The van der Waals surface area contributed by atoms with Gasteiger partial charge in [0, 0.05) is 37.9 Å². The van der Waals surface area contributed by atoms with Crippen LogP contribution in [0, 0.1) is 5.82 Å². The summed E-state index contributed by atoms with van der Waals surface area (Å²) in [6.07, 6.45) is 4.26. The number of benzene rings is 1. The molecular weight excluding hydrogens is 391 g/mol. The summed E-state index contributed by atoms with van der Waals surface area (Å²) in [6, 6.07) is 10.7. The van der Waals surface area contributed by atoms with Gasteiger partial charge < -0.3 is 15.4 Å². The molecule has 0 amide bonds. The molecule has 7 heteroatoms. The largest absolute Gasteiger partial charge is 0.381 e. The monoisotopic (exact) mass is 418 g/mol. The van der Waals surface area contributed by atoms with Gasteiger partial charge in [0.15, 0.2) is 5.96 Å². The summed E-state index contributed by atoms with van der Waals surface area (Å²) >= 11 is 5.84. The molecule has 0 bridgehead atoms. The molecule has 156 valence electrons. The molecule has 1 aliphatic heterocycles. The van der Waals surface area contributed by atoms with Crippen molar-refractivity contribution in [3.8, 4) is 0 Å². The highest BCUT2D eigenvalue weighted by Crippen LogP contribution is 2.35. The Morgan fingerprint density at radius 2 is 2.07 bits per heavy atom. The number of rotatable bonds is 7. The quantitative estimate of drug-likeness (QED) is 0.408. The highest BCUT2D eigenvalue weighted by molar-refractivity contribution is 6.29. The van der Waals surface area contributed by atoms with E-state index in [0.717, 1.165) is 49.4 Å². The SMILES string of the molecule is CCNC(=NCC1(c2cccc(F)c2)CCOCC1)NCCc1ccc(Cl)nc1. The lowest BCUT2D eigenvalue weighted by molar-refractivity contribution is 0.0530. The predicted octanol–water partition coefficient (Wildman–Crippen LogP) is 3.72. The molecule has 2 N–H and O–H groups in total. The second-order valence-corrected chi connectivity index (χ2v) is 7.65. The van der Waals surface area contributed by atoms with Gasteiger partial charge in [-0.25, -0.2) is 9.37 Å². The van der Waals surface area contributed by atoms with Crippen molar-refractivity contribution in [1.82, 2.24) is 15.6 Å². The summed E-state index contributed by atoms with van der Waals surface area (Å²) < 4.78 is 19.4. The van der Waals surface area contributed by atoms with E-state index in [9.17, 15) is 4.39 Å². The van der Waals surface area contributed by atoms with Crippen LogP contribution in [0.3, 0.4) is 0 Å². The Balaban J connectivity index is 1.68. The minimum Gasteiger partial charge on any atom is -0.381 e. The van der Waals surface area contributed by atoms with E-state index in [-0.39, 0.29) is 11.2 Å². The van der Waals surface area contributed by atoms with E-state index < -0.39 is 0 Å². The van der Waals surface area contributed by atoms with Crippen molar-refractivity contribution < 1.29 is 9.13 Å². The van der Waals surface area contributed by atoms with Crippen LogP contribution >= 0.6 is 11.6 Å². The average molecular weight is 419 g/mol. The van der Waals surface area contributed by atoms with Gasteiger partial charge in [0.1, 0.15) is 11.0 Å². The van der Waals surface area contributed by atoms with Gasteiger partial charge in [0.25, 0.3) is 0 Å². The minimum absolute atomic E-state index is 0.206. The molecule has 0 atom stereocenters. The summed E-state index contributed by atoms with van der Waals surface area (Å²) in [5.41, 5.74) is 1.90. The fraction of sp³-hybridized carbons (Fsp3) is 0.455. The molecule has 3 rings (SSSR count). The van der Waals surface area contributed by atoms with Crippen molar-refractivity contribution in [3.05, 3.63) is 64.7 Å². The second-order valence-electron chi connectivity index (χ2n) is 7.26. The molecule has 0 aliphatic carbocycles. The van der Waals surface area contributed by atoms with Crippen LogP contribution in [-0.4, -0.2) is 43.8 Å². The number of guanidine groups is 1. The summed E-state index contributed by atoms with van der Waals surface area (Å²) in [6.45, 7) is 5.45. The number of aliphatic imine (C=N–C) groups is 1. The van der Waals surface area contributed by atoms with Crippen LogP contribution in [-0.2, 0) is 16.6 Å². The number of nitrogens with one attached hydrogen (secondary N) is 2. The van der Waals surface area contributed by atoms with E-state index >= 15 is 0 Å². The van der Waals surface area contributed by atoms with E-state index in [1.54, 1.807) is 24.4 Å². The molecule has 1 aromatic carbocycles. The first-order chi connectivity index (χ1) is 14.1. The zero-order chi connectivity index (χ0) is 20.5. The molecule has 1 saturated heterocycles. The van der Waals surface area contributed by atoms with Crippen molar-refractivity contribution >= 4 is 17.6 Å². The normalized spacial score (nSPS) is 16.4. The molecule has 5 nitrogen and oxygen atoms in total. The molecule has 0 saturated carbocycles. The first kappa shape index (κ1) is 21.5. The Kier molecular flexibility index (Phi) is 7.83. The number of halogens is 2. The number of aromatic nitrogens is 1. The Morgan fingerprint density at radius 3 is 2.76 bits per heavy atom. The summed E-state index contributed by atoms with van der Waals surface area (Å²) in [4.78, 5) is 8.95. The van der Waals surface area contributed by atoms with Crippen LogP contribution in [0.25, 0.3) is 0 Å². The number of pyridine rings is 1. The Hall–Kier alpha value is -2.18. The molecule has 1 aromatic heterocycles. The first-order valence-corrected chi connectivity index (χ1v) is 10.5. The average Bonchev–Trinajstić information content (AvgIpc) is 2.74. The lowest BCUT2D eigenvalue weighted by Crippen LogP contribution is -2.41. The molecule has 0 radical (unpaired) electrons. The van der Waals surface area contributed by atoms with E-state index in [1.807, 2.05) is 19.1 Å². The number of hydrogen-bond donors (Lipinski definition) is 2. The number of ether oxygens (including phenoxy) is 1. The van der Waals surface area contributed by atoms with Crippen LogP contribution in [0.4, 0.5) is 4.39 Å². The molecule has 2 aromatic rings. The van der Waals surface area contributed by atoms with E-state index in [4.69, 9.17) is 21.3 Å². The molecule has 1 fully saturated rings. The fourth-order valence-electron chi connectivity index (χ4n) is 3.57. The lowest BCUT2D eigenvalue weighted by Gasteiger charge is -2.36. The highest BCUT2D eigenvalue weighted by Gasteiger charge is 2.34. The molecule has 29 heavy (non-hydrogen) atoms. The predicted molar refractivity (Wildman–Crippen MR) is 115 cm³/mol. The molecule has 1 aliphatic rings. The van der Waals surface area contributed by atoms with Gasteiger partial charge in [-0.2, -0.15) is 0 Å². The lowest BCUT2D eigenvalue weighted by atomic mass is 9.74. The van der Waals surface area contributed by atoms with Gasteiger partial charge in [-0.15, -0.1) is 0 Å². The van der Waals surface area contributed by atoms with Crippen molar-refractivity contribution in [2.45, 2.75) is 31.6 Å². The Morgan fingerprint density at radius 1 is 1.24 bits per heavy atom. The van der Waals surface area contributed by atoms with Gasteiger partial charge in [-0.3, -0.25) is 4.99 Å². The maximum atomic E-state index is 13.9. The third-order valence-electron chi connectivity index (χ3n) is 5.27. The van der Waals surface area contributed by atoms with Gasteiger partial charge >= 0.3 is 0 Å². The zero-order valence-electron chi connectivity index (χ0n) is 16.8. The third-order valence-corrected chi connectivity index (χ3v) is 5.49. The van der Waals surface area contributed by atoms with Gasteiger partial charge in [0.2, 0.25) is 0 Å².